The van der Waals surface area contributed by atoms with E-state index in [-0.39, 0.29) is 11.9 Å². The van der Waals surface area contributed by atoms with E-state index in [1.807, 2.05) is 54.3 Å². The zero-order chi connectivity index (χ0) is 20.7. The lowest BCUT2D eigenvalue weighted by Gasteiger charge is -2.32. The second-order valence-electron chi connectivity index (χ2n) is 7.82. The maximum absolute atomic E-state index is 13.1. The van der Waals surface area contributed by atoms with Crippen LogP contribution in [0.5, 0.6) is 0 Å². The molecule has 1 N–H and O–H groups in total. The van der Waals surface area contributed by atoms with Crippen molar-refractivity contribution in [2.45, 2.75) is 25.7 Å². The van der Waals surface area contributed by atoms with E-state index in [1.165, 1.54) is 6.20 Å². The van der Waals surface area contributed by atoms with Gasteiger partial charge < -0.3 is 14.7 Å². The lowest BCUT2D eigenvalue weighted by Crippen LogP contribution is -2.38. The molecule has 3 aromatic rings. The molecule has 7 heteroatoms. The Morgan fingerprint density at radius 2 is 1.90 bits per heavy atom. The van der Waals surface area contributed by atoms with Gasteiger partial charge in [-0.2, -0.15) is 5.32 Å². The summed E-state index contributed by atoms with van der Waals surface area (Å²) >= 11 is 0. The average Bonchev–Trinajstić information content (AvgIpc) is 3.39. The van der Waals surface area contributed by atoms with Crippen molar-refractivity contribution in [3.05, 3.63) is 65.4 Å². The lowest BCUT2D eigenvalue weighted by atomic mass is 9.88. The van der Waals surface area contributed by atoms with Gasteiger partial charge in [0.15, 0.2) is 5.76 Å². The van der Waals surface area contributed by atoms with Crippen LogP contribution in [0, 0.1) is 6.92 Å². The largest absolute Gasteiger partial charge is 0.355 e. The van der Waals surface area contributed by atoms with Gasteiger partial charge >= 0.3 is 6.03 Å². The van der Waals surface area contributed by atoms with Crippen molar-refractivity contribution in [2.75, 3.05) is 18.4 Å². The molecule has 3 amide bonds. The number of nitrogens with one attached hydrogen (secondary N) is 1. The molecule has 1 fully saturated rings. The summed E-state index contributed by atoms with van der Waals surface area (Å²) in [6.07, 6.45) is 3.23. The molecule has 0 spiro atoms. The van der Waals surface area contributed by atoms with Crippen molar-refractivity contribution >= 4 is 23.3 Å². The number of anilines is 1. The zero-order valence-corrected chi connectivity index (χ0v) is 16.6. The average molecular weight is 401 g/mol. The molecule has 0 atom stereocenters. The Morgan fingerprint density at radius 1 is 1.13 bits per heavy atom. The van der Waals surface area contributed by atoms with Crippen LogP contribution in [-0.2, 0) is 0 Å². The predicted molar refractivity (Wildman–Crippen MR) is 112 cm³/mol. The molecule has 3 heterocycles. The number of hydrogen-bond donors (Lipinski definition) is 1. The van der Waals surface area contributed by atoms with Crippen LogP contribution in [0.1, 0.15) is 40.2 Å². The fourth-order valence-electron chi connectivity index (χ4n) is 4.14. The van der Waals surface area contributed by atoms with Crippen LogP contribution in [-0.4, -0.2) is 35.1 Å². The van der Waals surface area contributed by atoms with Gasteiger partial charge in [0, 0.05) is 18.7 Å². The van der Waals surface area contributed by atoms with E-state index in [2.05, 4.69) is 15.8 Å². The van der Waals surface area contributed by atoms with Crippen LogP contribution in [0.3, 0.4) is 0 Å². The van der Waals surface area contributed by atoms with Gasteiger partial charge in [0.2, 0.25) is 0 Å². The summed E-state index contributed by atoms with van der Waals surface area (Å²) in [7, 11) is 0. The minimum Gasteiger partial charge on any atom is -0.355 e. The molecular weight excluding hydrogens is 380 g/mol. The number of carbonyl (C=O) groups excluding carboxylic acids is 2. The van der Waals surface area contributed by atoms with Gasteiger partial charge in [-0.25, -0.2) is 4.79 Å². The summed E-state index contributed by atoms with van der Waals surface area (Å²) in [5.41, 5.74) is 5.11. The molecular formula is C23H21N4O3. The highest BCUT2D eigenvalue weighted by molar-refractivity contribution is 6.02. The summed E-state index contributed by atoms with van der Waals surface area (Å²) < 4.78 is 5.40. The number of urea groups is 1. The number of amides is 3. The minimum absolute atomic E-state index is 0.0518. The first kappa shape index (κ1) is 18.4. The van der Waals surface area contributed by atoms with Gasteiger partial charge in [-0.05, 0) is 43.4 Å². The maximum Gasteiger partial charge on any atom is 0.346 e. The Labute approximate surface area is 174 Å². The molecule has 30 heavy (non-hydrogen) atoms. The number of piperidine rings is 1. The van der Waals surface area contributed by atoms with E-state index in [4.69, 9.17) is 4.52 Å². The Kier molecular flexibility index (Phi) is 4.50. The molecule has 1 aromatic heterocycles. The number of hydrogen-bond acceptors (Lipinski definition) is 4. The number of benzene rings is 2. The highest BCUT2D eigenvalue weighted by Gasteiger charge is 2.29. The summed E-state index contributed by atoms with van der Waals surface area (Å²) in [5, 5.41) is 10.6. The van der Waals surface area contributed by atoms with E-state index >= 15 is 0 Å². The number of aromatic nitrogens is 1. The van der Waals surface area contributed by atoms with Gasteiger partial charge in [-0.1, -0.05) is 41.1 Å². The topological polar surface area (TPSA) is 89.5 Å². The normalized spacial score (nSPS) is 16.2. The number of nitrogens with zero attached hydrogens (tertiary/aromatic N) is 3. The summed E-state index contributed by atoms with van der Waals surface area (Å²) in [5.74, 6) is 0.799. The molecule has 2 aliphatic heterocycles. The first-order valence-corrected chi connectivity index (χ1v) is 10.1. The van der Waals surface area contributed by atoms with Crippen LogP contribution in [0.2, 0.25) is 0 Å². The van der Waals surface area contributed by atoms with Crippen LogP contribution in [0.4, 0.5) is 16.2 Å². The highest BCUT2D eigenvalue weighted by Crippen LogP contribution is 2.35. The summed E-state index contributed by atoms with van der Waals surface area (Å²) in [4.78, 5) is 26.4. The van der Waals surface area contributed by atoms with Crippen LogP contribution >= 0.6 is 0 Å². The second kappa shape index (κ2) is 7.33. The van der Waals surface area contributed by atoms with Crippen molar-refractivity contribution in [3.8, 4) is 11.3 Å². The Bertz CT molecular complexity index is 1110. The third kappa shape index (κ3) is 3.32. The van der Waals surface area contributed by atoms with Gasteiger partial charge in [0.1, 0.15) is 5.56 Å². The fraction of sp³-hybridized carbons (Fsp3) is 0.261. The first-order valence-electron chi connectivity index (χ1n) is 10.1. The van der Waals surface area contributed by atoms with E-state index in [9.17, 15) is 9.59 Å². The van der Waals surface area contributed by atoms with Crippen LogP contribution < -0.4 is 10.6 Å². The summed E-state index contributed by atoms with van der Waals surface area (Å²) in [6, 6.07) is 13.5. The van der Waals surface area contributed by atoms with Crippen molar-refractivity contribution in [2.24, 2.45) is 0 Å². The number of likely N-dealkylation sites (tertiary alicyclic amines) is 1. The van der Waals surface area contributed by atoms with Gasteiger partial charge in [-0.3, -0.25) is 4.79 Å². The van der Waals surface area contributed by atoms with E-state index < -0.39 is 0 Å². The van der Waals surface area contributed by atoms with Crippen LogP contribution in [0.25, 0.3) is 11.3 Å². The third-order valence-corrected chi connectivity index (χ3v) is 5.85. The Morgan fingerprint density at radius 3 is 2.67 bits per heavy atom. The molecule has 1 saturated heterocycles. The second-order valence-corrected chi connectivity index (χ2v) is 7.82. The quantitative estimate of drug-likeness (QED) is 0.702. The third-order valence-electron chi connectivity index (χ3n) is 5.85. The number of fused-ring (bicyclic) bond motifs is 1. The molecule has 1 radical (unpaired) electrons. The van der Waals surface area contributed by atoms with E-state index in [0.717, 1.165) is 35.2 Å². The van der Waals surface area contributed by atoms with E-state index in [0.29, 0.717) is 36.0 Å². The van der Waals surface area contributed by atoms with Gasteiger partial charge in [-0.15, -0.1) is 0 Å². The van der Waals surface area contributed by atoms with Crippen molar-refractivity contribution in [1.82, 2.24) is 15.4 Å². The fourth-order valence-corrected chi connectivity index (χ4v) is 4.14. The number of carbonyl (C=O) groups is 2. The molecule has 0 bridgehead atoms. The molecule has 7 nitrogen and oxygen atoms in total. The molecule has 2 aliphatic rings. The molecule has 0 saturated carbocycles. The first-order chi connectivity index (χ1) is 14.6. The van der Waals surface area contributed by atoms with Crippen LogP contribution in [0.15, 0.2) is 53.2 Å². The Balaban J connectivity index is 1.28. The van der Waals surface area contributed by atoms with Gasteiger partial charge in [0.25, 0.3) is 5.91 Å². The van der Waals surface area contributed by atoms with Crippen molar-refractivity contribution < 1.29 is 14.1 Å². The monoisotopic (exact) mass is 401 g/mol. The minimum atomic E-state index is -0.319. The molecule has 151 valence electrons. The summed E-state index contributed by atoms with van der Waals surface area (Å²) in [6.45, 7) is 3.34. The molecule has 2 aromatic carbocycles. The molecule has 0 aliphatic carbocycles. The SMILES string of the molecule is Cc1ccc(-c2oncc2C(=O)N2CCC(c3ccc4c(c3)[N]C(=O)N4)CC2)cc1. The lowest BCUT2D eigenvalue weighted by molar-refractivity contribution is 0.0713. The van der Waals surface area contributed by atoms with Crippen molar-refractivity contribution in [1.29, 1.82) is 0 Å². The van der Waals surface area contributed by atoms with Gasteiger partial charge in [0.05, 0.1) is 17.6 Å². The maximum atomic E-state index is 13.1. The standard InChI is InChI=1S/C23H21N4O3/c1-14-2-4-16(5-3-14)21-18(13-24-30-21)22(28)27-10-8-15(9-11-27)17-6-7-19-20(12-17)26-23(29)25-19/h2-7,12-13,15H,8-11H2,1H3,(H,25,29). The number of aryl methyl sites for hydroxylation is 1. The zero-order valence-electron chi connectivity index (χ0n) is 16.6. The number of rotatable bonds is 3. The molecule has 5 rings (SSSR count). The Hall–Kier alpha value is -3.61. The predicted octanol–water partition coefficient (Wildman–Crippen LogP) is 4.45. The molecule has 0 unspecified atom stereocenters. The highest BCUT2D eigenvalue weighted by atomic mass is 16.5. The van der Waals surface area contributed by atoms with Crippen molar-refractivity contribution in [3.63, 3.8) is 0 Å². The smallest absolute Gasteiger partial charge is 0.346 e. The van der Waals surface area contributed by atoms with E-state index in [1.54, 1.807) is 0 Å².